The molecule has 1 heterocycles. The summed E-state index contributed by atoms with van der Waals surface area (Å²) in [5, 5.41) is 0.515. The SMILES string of the molecule is COCCc1ncc(C=O)cc1Cl. The predicted octanol–water partition coefficient (Wildman–Crippen LogP) is 1.74. The smallest absolute Gasteiger partial charge is 0.151 e. The Hall–Kier alpha value is -0.930. The number of aromatic nitrogens is 1. The maximum Gasteiger partial charge on any atom is 0.151 e. The minimum Gasteiger partial charge on any atom is -0.384 e. The zero-order valence-corrected chi connectivity index (χ0v) is 8.04. The molecule has 0 saturated carbocycles. The van der Waals surface area contributed by atoms with Crippen molar-refractivity contribution in [3.63, 3.8) is 0 Å². The third kappa shape index (κ3) is 2.79. The zero-order chi connectivity index (χ0) is 9.68. The van der Waals surface area contributed by atoms with Crippen molar-refractivity contribution < 1.29 is 9.53 Å². The van der Waals surface area contributed by atoms with Gasteiger partial charge in [0.05, 0.1) is 17.3 Å². The van der Waals surface area contributed by atoms with E-state index in [0.29, 0.717) is 23.6 Å². The van der Waals surface area contributed by atoms with Crippen molar-refractivity contribution in [2.45, 2.75) is 6.42 Å². The van der Waals surface area contributed by atoms with E-state index in [0.717, 1.165) is 12.0 Å². The second kappa shape index (κ2) is 4.94. The van der Waals surface area contributed by atoms with Gasteiger partial charge >= 0.3 is 0 Å². The van der Waals surface area contributed by atoms with Crippen LogP contribution in [0, 0.1) is 0 Å². The molecular formula is C9H10ClNO2. The minimum absolute atomic E-state index is 0.492. The van der Waals surface area contributed by atoms with Gasteiger partial charge < -0.3 is 4.74 Å². The van der Waals surface area contributed by atoms with E-state index in [1.165, 1.54) is 6.20 Å². The first-order valence-corrected chi connectivity index (χ1v) is 4.24. The highest BCUT2D eigenvalue weighted by atomic mass is 35.5. The molecule has 13 heavy (non-hydrogen) atoms. The van der Waals surface area contributed by atoms with Crippen molar-refractivity contribution in [2.24, 2.45) is 0 Å². The molecule has 0 aromatic carbocycles. The van der Waals surface area contributed by atoms with Gasteiger partial charge in [-0.3, -0.25) is 9.78 Å². The topological polar surface area (TPSA) is 39.2 Å². The molecule has 0 aliphatic heterocycles. The normalized spacial score (nSPS) is 10.0. The molecule has 0 atom stereocenters. The van der Waals surface area contributed by atoms with Gasteiger partial charge in [-0.1, -0.05) is 11.6 Å². The van der Waals surface area contributed by atoms with Crippen LogP contribution < -0.4 is 0 Å². The molecule has 4 heteroatoms. The Labute approximate surface area is 81.7 Å². The first-order valence-electron chi connectivity index (χ1n) is 3.86. The highest BCUT2D eigenvalue weighted by Crippen LogP contribution is 2.14. The van der Waals surface area contributed by atoms with Gasteiger partial charge in [-0.2, -0.15) is 0 Å². The van der Waals surface area contributed by atoms with E-state index in [2.05, 4.69) is 4.98 Å². The van der Waals surface area contributed by atoms with E-state index >= 15 is 0 Å². The van der Waals surface area contributed by atoms with Crippen LogP contribution in [0.5, 0.6) is 0 Å². The Bertz CT molecular complexity index is 302. The van der Waals surface area contributed by atoms with Gasteiger partial charge in [0.15, 0.2) is 6.29 Å². The fraction of sp³-hybridized carbons (Fsp3) is 0.333. The number of rotatable bonds is 4. The van der Waals surface area contributed by atoms with Gasteiger partial charge in [0.25, 0.3) is 0 Å². The number of halogens is 1. The molecule has 0 aliphatic rings. The molecule has 3 nitrogen and oxygen atoms in total. The molecule has 0 spiro atoms. The lowest BCUT2D eigenvalue weighted by Crippen LogP contribution is -1.99. The zero-order valence-electron chi connectivity index (χ0n) is 7.29. The summed E-state index contributed by atoms with van der Waals surface area (Å²) in [6.07, 6.45) is 2.89. The highest BCUT2D eigenvalue weighted by Gasteiger charge is 2.02. The molecule has 0 aliphatic carbocycles. The van der Waals surface area contributed by atoms with Gasteiger partial charge in [0.2, 0.25) is 0 Å². The molecule has 0 fully saturated rings. The predicted molar refractivity (Wildman–Crippen MR) is 50.2 cm³/mol. The number of carbonyl (C=O) groups is 1. The maximum atomic E-state index is 10.4. The van der Waals surface area contributed by atoms with Crippen LogP contribution in [0.1, 0.15) is 16.1 Å². The van der Waals surface area contributed by atoms with E-state index in [9.17, 15) is 4.79 Å². The molecule has 1 aromatic rings. The summed E-state index contributed by atoms with van der Waals surface area (Å²) in [6.45, 7) is 0.577. The largest absolute Gasteiger partial charge is 0.384 e. The van der Waals surface area contributed by atoms with Crippen molar-refractivity contribution in [1.82, 2.24) is 4.98 Å². The molecule has 0 radical (unpaired) electrons. The molecule has 1 aromatic heterocycles. The van der Waals surface area contributed by atoms with E-state index in [-0.39, 0.29) is 0 Å². The van der Waals surface area contributed by atoms with Crippen LogP contribution in [0.25, 0.3) is 0 Å². The van der Waals surface area contributed by atoms with Crippen molar-refractivity contribution >= 4 is 17.9 Å². The Kier molecular flexibility index (Phi) is 3.86. The van der Waals surface area contributed by atoms with Crippen LogP contribution in [-0.4, -0.2) is 25.0 Å². The lowest BCUT2D eigenvalue weighted by Gasteiger charge is -2.02. The lowest BCUT2D eigenvalue weighted by atomic mass is 10.2. The van der Waals surface area contributed by atoms with Crippen molar-refractivity contribution in [1.29, 1.82) is 0 Å². The second-order valence-electron chi connectivity index (χ2n) is 2.56. The van der Waals surface area contributed by atoms with Crippen molar-refractivity contribution in [3.05, 3.63) is 28.5 Å². The Morgan fingerprint density at radius 2 is 2.46 bits per heavy atom. The Balaban J connectivity index is 2.79. The van der Waals surface area contributed by atoms with Crippen LogP contribution in [0.3, 0.4) is 0 Å². The maximum absolute atomic E-state index is 10.4. The molecule has 0 unspecified atom stereocenters. The van der Waals surface area contributed by atoms with Gasteiger partial charge in [-0.05, 0) is 6.07 Å². The summed E-state index contributed by atoms with van der Waals surface area (Å²) < 4.78 is 4.89. The number of pyridine rings is 1. The van der Waals surface area contributed by atoms with Crippen LogP contribution in [-0.2, 0) is 11.2 Å². The number of hydrogen-bond donors (Lipinski definition) is 0. The summed E-state index contributed by atoms with van der Waals surface area (Å²) in [7, 11) is 1.62. The van der Waals surface area contributed by atoms with Crippen molar-refractivity contribution in [2.75, 3.05) is 13.7 Å². The average Bonchev–Trinajstić information content (AvgIpc) is 2.16. The number of aldehydes is 1. The van der Waals surface area contributed by atoms with Crippen LogP contribution in [0.15, 0.2) is 12.3 Å². The third-order valence-electron chi connectivity index (χ3n) is 1.62. The summed E-state index contributed by atoms with van der Waals surface area (Å²) in [5.74, 6) is 0. The van der Waals surface area contributed by atoms with Crippen LogP contribution in [0.4, 0.5) is 0 Å². The summed E-state index contributed by atoms with van der Waals surface area (Å²) >= 11 is 5.87. The number of hydrogen-bond acceptors (Lipinski definition) is 3. The lowest BCUT2D eigenvalue weighted by molar-refractivity contribution is 0.112. The van der Waals surface area contributed by atoms with E-state index in [1.54, 1.807) is 13.2 Å². The average molecular weight is 200 g/mol. The Morgan fingerprint density at radius 1 is 1.69 bits per heavy atom. The fourth-order valence-electron chi connectivity index (χ4n) is 0.928. The molecule has 0 N–H and O–H groups in total. The molecule has 0 saturated heterocycles. The summed E-state index contributed by atoms with van der Waals surface area (Å²) in [6, 6.07) is 1.60. The molecule has 0 amide bonds. The fourth-order valence-corrected chi connectivity index (χ4v) is 1.20. The highest BCUT2D eigenvalue weighted by molar-refractivity contribution is 6.31. The quantitative estimate of drug-likeness (QED) is 0.694. The summed E-state index contributed by atoms with van der Waals surface area (Å²) in [4.78, 5) is 14.4. The molecule has 0 bridgehead atoms. The number of methoxy groups -OCH3 is 1. The van der Waals surface area contributed by atoms with E-state index in [4.69, 9.17) is 16.3 Å². The van der Waals surface area contributed by atoms with Crippen LogP contribution >= 0.6 is 11.6 Å². The molecule has 70 valence electrons. The third-order valence-corrected chi connectivity index (χ3v) is 1.94. The standard InChI is InChI=1S/C9H10ClNO2/c1-13-3-2-9-8(10)4-7(6-12)5-11-9/h4-6H,2-3H2,1H3. The summed E-state index contributed by atoms with van der Waals surface area (Å²) in [5.41, 5.74) is 1.25. The van der Waals surface area contributed by atoms with Gasteiger partial charge in [-0.15, -0.1) is 0 Å². The van der Waals surface area contributed by atoms with Crippen molar-refractivity contribution in [3.8, 4) is 0 Å². The second-order valence-corrected chi connectivity index (χ2v) is 2.97. The van der Waals surface area contributed by atoms with E-state index in [1.807, 2.05) is 0 Å². The first kappa shape index (κ1) is 10.2. The van der Waals surface area contributed by atoms with Gasteiger partial charge in [0, 0.05) is 25.3 Å². The van der Waals surface area contributed by atoms with Gasteiger partial charge in [-0.25, -0.2) is 0 Å². The molecule has 1 rings (SSSR count). The number of nitrogens with zero attached hydrogens (tertiary/aromatic N) is 1. The molecular weight excluding hydrogens is 190 g/mol. The van der Waals surface area contributed by atoms with E-state index < -0.39 is 0 Å². The monoisotopic (exact) mass is 199 g/mol. The number of ether oxygens (including phenoxy) is 1. The number of carbonyl (C=O) groups excluding carboxylic acids is 1. The first-order chi connectivity index (χ1) is 6.27. The van der Waals surface area contributed by atoms with Gasteiger partial charge in [0.1, 0.15) is 0 Å². The minimum atomic E-state index is 0.492. The Morgan fingerprint density at radius 3 is 3.00 bits per heavy atom. The van der Waals surface area contributed by atoms with Crippen LogP contribution in [0.2, 0.25) is 5.02 Å².